The van der Waals surface area contributed by atoms with Crippen LogP contribution in [0.2, 0.25) is 0 Å². The number of nitrogens with one attached hydrogen (secondary N) is 1. The molecule has 0 radical (unpaired) electrons. The summed E-state index contributed by atoms with van der Waals surface area (Å²) in [5, 5.41) is 2.26. The van der Waals surface area contributed by atoms with Crippen molar-refractivity contribution in [1.29, 1.82) is 0 Å². The Morgan fingerprint density at radius 1 is 1.16 bits per heavy atom. The number of anilines is 1. The molecule has 1 atom stereocenters. The summed E-state index contributed by atoms with van der Waals surface area (Å²) in [6.07, 6.45) is 0. The molecule has 2 nitrogen and oxygen atoms in total. The molecule has 1 unspecified atom stereocenters. The highest BCUT2D eigenvalue weighted by molar-refractivity contribution is 6.22. The van der Waals surface area contributed by atoms with E-state index in [0.29, 0.717) is 11.3 Å². The molecule has 0 saturated carbocycles. The van der Waals surface area contributed by atoms with Crippen LogP contribution in [0.3, 0.4) is 0 Å². The Morgan fingerprint density at radius 2 is 1.84 bits per heavy atom. The molecule has 0 bridgehead atoms. The van der Waals surface area contributed by atoms with Crippen molar-refractivity contribution >= 4 is 23.2 Å². The van der Waals surface area contributed by atoms with Gasteiger partial charge in [-0.05, 0) is 35.4 Å². The number of halogens is 2. The highest BCUT2D eigenvalue weighted by Crippen LogP contribution is 2.29. The van der Waals surface area contributed by atoms with Gasteiger partial charge in [0, 0.05) is 12.6 Å². The van der Waals surface area contributed by atoms with E-state index in [-0.39, 0.29) is 11.7 Å². The number of amides is 1. The Bertz CT molecular complexity index is 583. The van der Waals surface area contributed by atoms with Crippen LogP contribution in [0, 0.1) is 5.82 Å². The van der Waals surface area contributed by atoms with Crippen LogP contribution in [-0.2, 0) is 4.79 Å². The Kier molecular flexibility index (Phi) is 4.17. The van der Waals surface area contributed by atoms with E-state index in [1.165, 1.54) is 19.1 Å². The largest absolute Gasteiger partial charge is 0.326 e. The zero-order valence-electron chi connectivity index (χ0n) is 10.4. The smallest absolute Gasteiger partial charge is 0.221 e. The van der Waals surface area contributed by atoms with E-state index in [2.05, 4.69) is 5.32 Å². The summed E-state index contributed by atoms with van der Waals surface area (Å²) in [5.41, 5.74) is 2.26. The Balaban J connectivity index is 2.20. The normalized spacial score (nSPS) is 11.9. The third kappa shape index (κ3) is 3.55. The molecule has 1 amide bonds. The zero-order chi connectivity index (χ0) is 13.8. The van der Waals surface area contributed by atoms with Crippen molar-refractivity contribution in [3.8, 4) is 0 Å². The van der Waals surface area contributed by atoms with E-state index in [9.17, 15) is 9.18 Å². The second-order valence-electron chi connectivity index (χ2n) is 4.22. The number of hydrogen-bond acceptors (Lipinski definition) is 1. The predicted molar refractivity (Wildman–Crippen MR) is 74.8 cm³/mol. The summed E-state index contributed by atoms with van der Waals surface area (Å²) >= 11 is 6.31. The second kappa shape index (κ2) is 5.85. The summed E-state index contributed by atoms with van der Waals surface area (Å²) in [5.74, 6) is -0.432. The first kappa shape index (κ1) is 13.6. The van der Waals surface area contributed by atoms with Crippen molar-refractivity contribution in [2.24, 2.45) is 0 Å². The van der Waals surface area contributed by atoms with Crippen LogP contribution in [0.5, 0.6) is 0 Å². The highest BCUT2D eigenvalue weighted by Gasteiger charge is 2.11. The van der Waals surface area contributed by atoms with Crippen molar-refractivity contribution in [2.45, 2.75) is 12.3 Å². The van der Waals surface area contributed by atoms with Crippen molar-refractivity contribution < 1.29 is 9.18 Å². The second-order valence-corrected chi connectivity index (χ2v) is 4.66. The van der Waals surface area contributed by atoms with Gasteiger partial charge in [-0.2, -0.15) is 0 Å². The molecule has 0 spiro atoms. The molecule has 0 aliphatic carbocycles. The van der Waals surface area contributed by atoms with Crippen LogP contribution in [0.15, 0.2) is 48.5 Å². The van der Waals surface area contributed by atoms with Gasteiger partial charge in [0.25, 0.3) is 0 Å². The fraction of sp³-hybridized carbons (Fsp3) is 0.133. The molecule has 0 aromatic heterocycles. The monoisotopic (exact) mass is 277 g/mol. The van der Waals surface area contributed by atoms with E-state index < -0.39 is 5.38 Å². The van der Waals surface area contributed by atoms with Gasteiger partial charge >= 0.3 is 0 Å². The minimum absolute atomic E-state index is 0.125. The van der Waals surface area contributed by atoms with E-state index in [1.807, 2.05) is 12.1 Å². The number of hydrogen-bond donors (Lipinski definition) is 1. The van der Waals surface area contributed by atoms with Crippen molar-refractivity contribution in [1.82, 2.24) is 0 Å². The molecule has 2 aromatic rings. The van der Waals surface area contributed by atoms with Crippen LogP contribution in [-0.4, -0.2) is 5.91 Å². The number of carbonyl (C=O) groups excluding carboxylic acids is 1. The minimum Gasteiger partial charge on any atom is -0.326 e. The molecule has 2 rings (SSSR count). The van der Waals surface area contributed by atoms with Crippen molar-refractivity contribution in [3.63, 3.8) is 0 Å². The number of carbonyl (C=O) groups is 1. The van der Waals surface area contributed by atoms with Gasteiger partial charge in [-0.25, -0.2) is 4.39 Å². The predicted octanol–water partition coefficient (Wildman–Crippen LogP) is 4.11. The zero-order valence-corrected chi connectivity index (χ0v) is 11.1. The van der Waals surface area contributed by atoms with Crippen molar-refractivity contribution in [3.05, 3.63) is 65.5 Å². The lowest BCUT2D eigenvalue weighted by atomic mass is 10.0. The van der Waals surface area contributed by atoms with Crippen molar-refractivity contribution in [2.75, 3.05) is 5.32 Å². The van der Waals surface area contributed by atoms with Crippen LogP contribution in [0.25, 0.3) is 0 Å². The lowest BCUT2D eigenvalue weighted by Crippen LogP contribution is -2.05. The molecule has 98 valence electrons. The first-order valence-corrected chi connectivity index (χ1v) is 6.27. The fourth-order valence-electron chi connectivity index (χ4n) is 1.80. The van der Waals surface area contributed by atoms with Crippen LogP contribution in [0.1, 0.15) is 23.4 Å². The SMILES string of the molecule is CC(=O)Nc1ccc(C(Cl)c2cccc(F)c2)cc1. The number of benzene rings is 2. The van der Waals surface area contributed by atoms with Gasteiger partial charge in [0.05, 0.1) is 5.38 Å². The topological polar surface area (TPSA) is 29.1 Å². The molecular weight excluding hydrogens is 265 g/mol. The van der Waals surface area contributed by atoms with Gasteiger partial charge in [-0.15, -0.1) is 11.6 Å². The maximum atomic E-state index is 13.1. The molecule has 0 aliphatic rings. The van der Waals surface area contributed by atoms with E-state index in [4.69, 9.17) is 11.6 Å². The summed E-state index contributed by atoms with van der Waals surface area (Å²) in [6, 6.07) is 13.4. The number of rotatable bonds is 3. The highest BCUT2D eigenvalue weighted by atomic mass is 35.5. The minimum atomic E-state index is -0.415. The summed E-state index contributed by atoms with van der Waals surface area (Å²) < 4.78 is 13.1. The maximum absolute atomic E-state index is 13.1. The molecule has 4 heteroatoms. The third-order valence-corrected chi connectivity index (χ3v) is 3.17. The number of alkyl halides is 1. The molecule has 1 N–H and O–H groups in total. The Hall–Kier alpha value is -1.87. The van der Waals surface area contributed by atoms with Gasteiger partial charge in [-0.3, -0.25) is 4.79 Å². The molecule has 0 heterocycles. The summed E-state index contributed by atoms with van der Waals surface area (Å²) in [6.45, 7) is 1.45. The molecule has 0 fully saturated rings. The molecule has 0 aliphatic heterocycles. The lowest BCUT2D eigenvalue weighted by molar-refractivity contribution is -0.114. The van der Waals surface area contributed by atoms with Gasteiger partial charge in [0.1, 0.15) is 5.82 Å². The summed E-state index contributed by atoms with van der Waals surface area (Å²) in [7, 11) is 0. The van der Waals surface area contributed by atoms with Gasteiger partial charge in [-0.1, -0.05) is 24.3 Å². The van der Waals surface area contributed by atoms with E-state index in [0.717, 1.165) is 5.56 Å². The Labute approximate surface area is 116 Å². The van der Waals surface area contributed by atoms with Gasteiger partial charge in [0.15, 0.2) is 0 Å². The first-order valence-electron chi connectivity index (χ1n) is 5.83. The van der Waals surface area contributed by atoms with Gasteiger partial charge < -0.3 is 5.32 Å². The average molecular weight is 278 g/mol. The van der Waals surface area contributed by atoms with Crippen LogP contribution in [0.4, 0.5) is 10.1 Å². The molecule has 19 heavy (non-hydrogen) atoms. The quantitative estimate of drug-likeness (QED) is 0.841. The van der Waals surface area contributed by atoms with Crippen LogP contribution >= 0.6 is 11.6 Å². The van der Waals surface area contributed by atoms with E-state index in [1.54, 1.807) is 24.3 Å². The van der Waals surface area contributed by atoms with Crippen LogP contribution < -0.4 is 5.32 Å². The Morgan fingerprint density at radius 3 is 2.42 bits per heavy atom. The first-order chi connectivity index (χ1) is 9.06. The molecule has 0 saturated heterocycles. The average Bonchev–Trinajstić information content (AvgIpc) is 2.38. The van der Waals surface area contributed by atoms with Gasteiger partial charge in [0.2, 0.25) is 5.91 Å². The fourth-order valence-corrected chi connectivity index (χ4v) is 2.08. The molecular formula is C15H13ClFNO. The third-order valence-electron chi connectivity index (χ3n) is 2.67. The standard InChI is InChI=1S/C15H13ClFNO/c1-10(19)18-14-7-5-11(6-8-14)15(16)12-3-2-4-13(17)9-12/h2-9,15H,1H3,(H,18,19). The summed E-state index contributed by atoms with van der Waals surface area (Å²) in [4.78, 5) is 10.9. The molecule has 2 aromatic carbocycles. The maximum Gasteiger partial charge on any atom is 0.221 e. The van der Waals surface area contributed by atoms with E-state index >= 15 is 0 Å². The lowest BCUT2D eigenvalue weighted by Gasteiger charge is -2.11.